The number of carbonyl (C=O) groups excluding carboxylic acids is 2. The van der Waals surface area contributed by atoms with E-state index in [0.717, 1.165) is 50.4 Å². The molecular weight excluding hydrogens is 356 g/mol. The van der Waals surface area contributed by atoms with E-state index in [1.807, 2.05) is 0 Å². The van der Waals surface area contributed by atoms with E-state index < -0.39 is 0 Å². The molecule has 0 unspecified atom stereocenters. The Balaban J connectivity index is 1.54. The maximum Gasteiger partial charge on any atom is 0.407 e. The SMILES string of the molecule is CCCCCCOC(=O)NC1CCC(CC2CCC(NC(=O)OC)CC2)CC1. The van der Waals surface area contributed by atoms with Gasteiger partial charge in [-0.1, -0.05) is 26.2 Å². The Morgan fingerprint density at radius 3 is 1.82 bits per heavy atom. The van der Waals surface area contributed by atoms with Gasteiger partial charge in [0.15, 0.2) is 0 Å². The van der Waals surface area contributed by atoms with Gasteiger partial charge in [0.25, 0.3) is 0 Å². The van der Waals surface area contributed by atoms with Gasteiger partial charge in [0.2, 0.25) is 0 Å². The van der Waals surface area contributed by atoms with Crippen LogP contribution in [-0.4, -0.2) is 38.0 Å². The van der Waals surface area contributed by atoms with Gasteiger partial charge in [-0.15, -0.1) is 0 Å². The number of unbranched alkanes of at least 4 members (excludes halogenated alkanes) is 3. The highest BCUT2D eigenvalue weighted by Gasteiger charge is 2.28. The largest absolute Gasteiger partial charge is 0.453 e. The number of nitrogens with one attached hydrogen (secondary N) is 2. The third kappa shape index (κ3) is 8.70. The summed E-state index contributed by atoms with van der Waals surface area (Å²) in [6, 6.07) is 0.552. The van der Waals surface area contributed by atoms with E-state index in [0.29, 0.717) is 6.61 Å². The molecule has 0 aromatic rings. The van der Waals surface area contributed by atoms with Crippen molar-refractivity contribution in [2.75, 3.05) is 13.7 Å². The van der Waals surface area contributed by atoms with Gasteiger partial charge in [0.05, 0.1) is 13.7 Å². The Kier molecular flexibility index (Phi) is 10.5. The summed E-state index contributed by atoms with van der Waals surface area (Å²) in [7, 11) is 1.42. The molecule has 0 spiro atoms. The summed E-state index contributed by atoms with van der Waals surface area (Å²) in [6.45, 7) is 2.71. The summed E-state index contributed by atoms with van der Waals surface area (Å²) >= 11 is 0. The van der Waals surface area contributed by atoms with Crippen molar-refractivity contribution >= 4 is 12.2 Å². The Morgan fingerprint density at radius 2 is 1.32 bits per heavy atom. The maximum atomic E-state index is 11.9. The lowest BCUT2D eigenvalue weighted by Crippen LogP contribution is -2.39. The van der Waals surface area contributed by atoms with Crippen LogP contribution in [-0.2, 0) is 9.47 Å². The predicted molar refractivity (Wildman–Crippen MR) is 110 cm³/mol. The molecule has 0 heterocycles. The van der Waals surface area contributed by atoms with Gasteiger partial charge >= 0.3 is 12.2 Å². The lowest BCUT2D eigenvalue weighted by atomic mass is 9.76. The van der Waals surface area contributed by atoms with Crippen molar-refractivity contribution in [2.24, 2.45) is 11.8 Å². The molecule has 0 saturated heterocycles. The van der Waals surface area contributed by atoms with Gasteiger partial charge < -0.3 is 20.1 Å². The number of hydrogen-bond donors (Lipinski definition) is 2. The van der Waals surface area contributed by atoms with Gasteiger partial charge in [-0.3, -0.25) is 0 Å². The molecule has 6 nitrogen and oxygen atoms in total. The number of methoxy groups -OCH3 is 1. The second kappa shape index (κ2) is 12.9. The predicted octanol–water partition coefficient (Wildman–Crippen LogP) is 5.16. The van der Waals surface area contributed by atoms with Crippen LogP contribution in [0.25, 0.3) is 0 Å². The molecular formula is C22H40N2O4. The van der Waals surface area contributed by atoms with Crippen LogP contribution in [0.5, 0.6) is 0 Å². The second-order valence-corrected chi connectivity index (χ2v) is 8.65. The monoisotopic (exact) mass is 396 g/mol. The van der Waals surface area contributed by atoms with Crippen LogP contribution < -0.4 is 10.6 Å². The minimum atomic E-state index is -0.311. The first kappa shape index (κ1) is 22.8. The Labute approximate surface area is 170 Å². The van der Waals surface area contributed by atoms with E-state index in [2.05, 4.69) is 22.3 Å². The van der Waals surface area contributed by atoms with Gasteiger partial charge in [-0.25, -0.2) is 9.59 Å². The molecule has 0 bridgehead atoms. The highest BCUT2D eigenvalue weighted by atomic mass is 16.5. The van der Waals surface area contributed by atoms with Crippen LogP contribution in [0.1, 0.15) is 90.4 Å². The van der Waals surface area contributed by atoms with E-state index in [1.54, 1.807) is 0 Å². The number of amides is 2. The Hall–Kier alpha value is -1.46. The van der Waals surface area contributed by atoms with E-state index in [4.69, 9.17) is 4.74 Å². The quantitative estimate of drug-likeness (QED) is 0.528. The number of rotatable bonds is 9. The molecule has 28 heavy (non-hydrogen) atoms. The number of alkyl carbamates (subject to hydrolysis) is 2. The van der Waals surface area contributed by atoms with Crippen LogP contribution in [0.3, 0.4) is 0 Å². The van der Waals surface area contributed by atoms with E-state index in [9.17, 15) is 9.59 Å². The van der Waals surface area contributed by atoms with Crippen LogP contribution in [0.2, 0.25) is 0 Å². The van der Waals surface area contributed by atoms with Crippen molar-refractivity contribution in [1.82, 2.24) is 10.6 Å². The number of hydrogen-bond acceptors (Lipinski definition) is 4. The molecule has 2 amide bonds. The first-order valence-electron chi connectivity index (χ1n) is 11.4. The second-order valence-electron chi connectivity index (χ2n) is 8.65. The van der Waals surface area contributed by atoms with Crippen LogP contribution >= 0.6 is 0 Å². The Morgan fingerprint density at radius 1 is 0.786 bits per heavy atom. The minimum absolute atomic E-state index is 0.239. The Bertz CT molecular complexity index is 455. The van der Waals surface area contributed by atoms with Crippen molar-refractivity contribution in [3.8, 4) is 0 Å². The van der Waals surface area contributed by atoms with Crippen molar-refractivity contribution in [3.05, 3.63) is 0 Å². The normalized spacial score (nSPS) is 27.6. The zero-order valence-corrected chi connectivity index (χ0v) is 17.8. The van der Waals surface area contributed by atoms with E-state index >= 15 is 0 Å². The van der Waals surface area contributed by atoms with Gasteiger partial charge in [0.1, 0.15) is 0 Å². The molecule has 6 heteroatoms. The summed E-state index contributed by atoms with van der Waals surface area (Å²) in [6.07, 6.45) is 14.3. The molecule has 2 rings (SSSR count). The molecule has 2 N–H and O–H groups in total. The number of ether oxygens (including phenoxy) is 2. The average Bonchev–Trinajstić information content (AvgIpc) is 2.70. The third-order valence-corrected chi connectivity index (χ3v) is 6.42. The molecule has 0 aromatic heterocycles. The van der Waals surface area contributed by atoms with Crippen LogP contribution in [0.4, 0.5) is 9.59 Å². The zero-order valence-electron chi connectivity index (χ0n) is 17.8. The molecule has 0 radical (unpaired) electrons. The topological polar surface area (TPSA) is 76.7 Å². The first-order chi connectivity index (χ1) is 13.6. The van der Waals surface area contributed by atoms with Crippen molar-refractivity contribution in [1.29, 1.82) is 0 Å². The standard InChI is InChI=1S/C22H40N2O4/c1-3-4-5-6-15-28-22(26)24-20-13-9-18(10-14-20)16-17-7-11-19(12-8-17)23-21(25)27-2/h17-20H,3-16H2,1-2H3,(H,23,25)(H,24,26). The van der Waals surface area contributed by atoms with Crippen LogP contribution in [0.15, 0.2) is 0 Å². The minimum Gasteiger partial charge on any atom is -0.453 e. The first-order valence-corrected chi connectivity index (χ1v) is 11.4. The fourth-order valence-corrected chi connectivity index (χ4v) is 4.68. The van der Waals surface area contributed by atoms with Crippen molar-refractivity contribution < 1.29 is 19.1 Å². The summed E-state index contributed by atoms with van der Waals surface area (Å²) in [4.78, 5) is 23.2. The number of carbonyl (C=O) groups is 2. The molecule has 2 fully saturated rings. The highest BCUT2D eigenvalue weighted by molar-refractivity contribution is 5.67. The zero-order chi connectivity index (χ0) is 20.2. The smallest absolute Gasteiger partial charge is 0.407 e. The van der Waals surface area contributed by atoms with E-state index in [1.165, 1.54) is 52.1 Å². The maximum absolute atomic E-state index is 11.9. The lowest BCUT2D eigenvalue weighted by Gasteiger charge is -2.34. The average molecular weight is 397 g/mol. The van der Waals surface area contributed by atoms with Crippen LogP contribution in [0, 0.1) is 11.8 Å². The molecule has 2 aliphatic rings. The molecule has 162 valence electrons. The highest BCUT2D eigenvalue weighted by Crippen LogP contribution is 2.35. The lowest BCUT2D eigenvalue weighted by molar-refractivity contribution is 0.133. The molecule has 2 saturated carbocycles. The molecule has 2 aliphatic carbocycles. The van der Waals surface area contributed by atoms with Gasteiger partial charge in [-0.2, -0.15) is 0 Å². The van der Waals surface area contributed by atoms with E-state index in [-0.39, 0.29) is 24.3 Å². The fraction of sp³-hybridized carbons (Fsp3) is 0.909. The van der Waals surface area contributed by atoms with Crippen molar-refractivity contribution in [2.45, 2.75) is 102 Å². The summed E-state index contributed by atoms with van der Waals surface area (Å²) in [5.74, 6) is 1.55. The molecule has 0 atom stereocenters. The summed E-state index contributed by atoms with van der Waals surface area (Å²) in [5.41, 5.74) is 0. The summed E-state index contributed by atoms with van der Waals surface area (Å²) in [5, 5.41) is 5.98. The van der Waals surface area contributed by atoms with Crippen molar-refractivity contribution in [3.63, 3.8) is 0 Å². The summed E-state index contributed by atoms with van der Waals surface area (Å²) < 4.78 is 9.98. The third-order valence-electron chi connectivity index (χ3n) is 6.42. The molecule has 0 aromatic carbocycles. The van der Waals surface area contributed by atoms with Gasteiger partial charge in [-0.05, 0) is 76.0 Å². The fourth-order valence-electron chi connectivity index (χ4n) is 4.68. The molecule has 0 aliphatic heterocycles. The van der Waals surface area contributed by atoms with Gasteiger partial charge in [0, 0.05) is 12.1 Å².